The van der Waals surface area contributed by atoms with E-state index in [0.717, 1.165) is 51.9 Å². The fraction of sp³-hybridized carbons (Fsp3) is 0.467. The monoisotopic (exact) mass is 608 g/mol. The van der Waals surface area contributed by atoms with Crippen LogP contribution in [0.1, 0.15) is 58.8 Å². The highest BCUT2D eigenvalue weighted by Crippen LogP contribution is 2.31. The molecule has 5 rings (SSSR count). The Morgan fingerprint density at radius 2 is 1.40 bits per heavy atom. The summed E-state index contributed by atoms with van der Waals surface area (Å²) in [5.41, 5.74) is 1.04. The Labute approximate surface area is 253 Å². The van der Waals surface area contributed by atoms with Crippen LogP contribution in [0, 0.1) is 5.92 Å². The molecular weight excluding hydrogens is 568 g/mol. The number of aromatic hydroxyl groups is 1. The van der Waals surface area contributed by atoms with Gasteiger partial charge >= 0.3 is 0 Å². The van der Waals surface area contributed by atoms with Gasteiger partial charge in [0.1, 0.15) is 5.75 Å². The minimum atomic E-state index is -4.00. The fourth-order valence-corrected chi connectivity index (χ4v) is 6.28. The molecular formula is C30H40N8O4S. The first kappa shape index (κ1) is 30.3. The van der Waals surface area contributed by atoms with E-state index in [2.05, 4.69) is 35.1 Å². The van der Waals surface area contributed by atoms with Crippen molar-refractivity contribution in [3.63, 3.8) is 0 Å². The summed E-state index contributed by atoms with van der Waals surface area (Å²) in [5, 5.41) is 16.7. The van der Waals surface area contributed by atoms with Crippen molar-refractivity contribution < 1.29 is 18.3 Å². The van der Waals surface area contributed by atoms with Crippen LogP contribution in [0.2, 0.25) is 0 Å². The Hall–Kier alpha value is -4.13. The number of amides is 1. The number of piperidine rings is 2. The van der Waals surface area contributed by atoms with Gasteiger partial charge in [0.2, 0.25) is 23.8 Å². The summed E-state index contributed by atoms with van der Waals surface area (Å²) in [6, 6.07) is 10.4. The number of hydrogen-bond donors (Lipinski definition) is 4. The van der Waals surface area contributed by atoms with Crippen LogP contribution in [-0.2, 0) is 14.8 Å². The van der Waals surface area contributed by atoms with Gasteiger partial charge in [-0.1, -0.05) is 13.8 Å². The lowest BCUT2D eigenvalue weighted by molar-refractivity contribution is -0.116. The molecule has 1 aromatic heterocycles. The molecule has 3 aromatic rings. The van der Waals surface area contributed by atoms with Crippen LogP contribution in [-0.4, -0.2) is 60.6 Å². The average Bonchev–Trinajstić information content (AvgIpc) is 2.99. The molecule has 0 aliphatic carbocycles. The van der Waals surface area contributed by atoms with Gasteiger partial charge in [0.05, 0.1) is 10.6 Å². The number of hydrogen-bond acceptors (Lipinski definition) is 10. The number of rotatable bonds is 10. The van der Waals surface area contributed by atoms with Gasteiger partial charge < -0.3 is 25.5 Å². The third kappa shape index (κ3) is 8.04. The van der Waals surface area contributed by atoms with Gasteiger partial charge in [0.15, 0.2) is 0 Å². The largest absolute Gasteiger partial charge is 0.506 e. The lowest BCUT2D eigenvalue weighted by Gasteiger charge is -2.30. The number of benzene rings is 2. The third-order valence-electron chi connectivity index (χ3n) is 7.43. The summed E-state index contributed by atoms with van der Waals surface area (Å²) >= 11 is 0. The number of anilines is 6. The summed E-state index contributed by atoms with van der Waals surface area (Å²) in [5.74, 6) is 1.46. The van der Waals surface area contributed by atoms with Crippen LogP contribution in [0.4, 0.5) is 34.9 Å². The minimum absolute atomic E-state index is 0.00312. The highest BCUT2D eigenvalue weighted by molar-refractivity contribution is 7.92. The van der Waals surface area contributed by atoms with E-state index in [1.54, 1.807) is 6.07 Å². The van der Waals surface area contributed by atoms with Gasteiger partial charge in [-0.3, -0.25) is 9.52 Å². The van der Waals surface area contributed by atoms with Gasteiger partial charge in [-0.05, 0) is 80.8 Å². The molecule has 0 spiro atoms. The molecule has 43 heavy (non-hydrogen) atoms. The van der Waals surface area contributed by atoms with Crippen molar-refractivity contribution in [3.05, 3.63) is 42.5 Å². The second-order valence-electron chi connectivity index (χ2n) is 11.5. The van der Waals surface area contributed by atoms with Gasteiger partial charge in [-0.15, -0.1) is 0 Å². The Balaban J connectivity index is 1.30. The van der Waals surface area contributed by atoms with Gasteiger partial charge in [0.25, 0.3) is 10.0 Å². The molecule has 0 saturated carbocycles. The number of aromatic nitrogens is 3. The molecule has 2 aromatic carbocycles. The van der Waals surface area contributed by atoms with Crippen LogP contribution in [0.25, 0.3) is 0 Å². The zero-order valence-corrected chi connectivity index (χ0v) is 25.5. The van der Waals surface area contributed by atoms with Crippen LogP contribution in [0.15, 0.2) is 47.4 Å². The van der Waals surface area contributed by atoms with Crippen molar-refractivity contribution in [3.8, 4) is 5.75 Å². The van der Waals surface area contributed by atoms with E-state index < -0.39 is 10.0 Å². The first-order valence-electron chi connectivity index (χ1n) is 14.9. The second-order valence-corrected chi connectivity index (χ2v) is 13.2. The summed E-state index contributed by atoms with van der Waals surface area (Å²) in [6.45, 7) is 7.48. The third-order valence-corrected chi connectivity index (χ3v) is 8.81. The molecule has 1 amide bonds. The zero-order chi connectivity index (χ0) is 30.4. The molecule has 0 bridgehead atoms. The molecule has 0 atom stereocenters. The Morgan fingerprint density at radius 1 is 0.837 bits per heavy atom. The summed E-state index contributed by atoms with van der Waals surface area (Å²) in [6.07, 6.45) is 7.15. The van der Waals surface area contributed by atoms with Crippen molar-refractivity contribution in [1.82, 2.24) is 15.0 Å². The van der Waals surface area contributed by atoms with E-state index in [-0.39, 0.29) is 28.2 Å². The highest BCUT2D eigenvalue weighted by atomic mass is 32.2. The van der Waals surface area contributed by atoms with E-state index in [9.17, 15) is 18.3 Å². The maximum atomic E-state index is 13.0. The van der Waals surface area contributed by atoms with Gasteiger partial charge in [-0.25, -0.2) is 8.42 Å². The summed E-state index contributed by atoms with van der Waals surface area (Å²) < 4.78 is 28.5. The van der Waals surface area contributed by atoms with Crippen molar-refractivity contribution in [2.24, 2.45) is 5.92 Å². The molecule has 230 valence electrons. The number of nitrogens with one attached hydrogen (secondary N) is 3. The minimum Gasteiger partial charge on any atom is -0.506 e. The molecule has 0 unspecified atom stereocenters. The Kier molecular flexibility index (Phi) is 9.49. The lowest BCUT2D eigenvalue weighted by atomic mass is 10.1. The molecule has 2 aliphatic rings. The molecule has 13 heteroatoms. The van der Waals surface area contributed by atoms with Crippen LogP contribution >= 0.6 is 0 Å². The van der Waals surface area contributed by atoms with Gasteiger partial charge in [0, 0.05) is 50.0 Å². The first-order chi connectivity index (χ1) is 20.7. The van der Waals surface area contributed by atoms with E-state index in [0.29, 0.717) is 35.6 Å². The number of phenolic OH excluding ortho intramolecular Hbond substituents is 1. The van der Waals surface area contributed by atoms with Crippen LogP contribution in [0.5, 0.6) is 5.75 Å². The average molecular weight is 609 g/mol. The normalized spacial score (nSPS) is 15.8. The van der Waals surface area contributed by atoms with Crippen molar-refractivity contribution in [1.29, 1.82) is 0 Å². The van der Waals surface area contributed by atoms with E-state index in [4.69, 9.17) is 4.98 Å². The quantitative estimate of drug-likeness (QED) is 0.229. The topological polar surface area (TPSA) is 153 Å². The van der Waals surface area contributed by atoms with E-state index >= 15 is 0 Å². The smallest absolute Gasteiger partial charge is 0.262 e. The molecule has 2 aliphatic heterocycles. The van der Waals surface area contributed by atoms with Gasteiger partial charge in [-0.2, -0.15) is 15.0 Å². The van der Waals surface area contributed by atoms with E-state index in [1.807, 2.05) is 13.8 Å². The number of carbonyl (C=O) groups is 1. The summed E-state index contributed by atoms with van der Waals surface area (Å²) in [7, 11) is -4.00. The predicted molar refractivity (Wildman–Crippen MR) is 169 cm³/mol. The standard InChI is InChI=1S/C30H40N8O4S/c1-21(2)19-27(40)31-22-9-12-24(13-10-22)43(41,42)36-25-14-11-23(20-26(25)39)32-28-33-29(37-15-5-3-6-16-37)35-30(34-28)38-17-7-4-8-18-38/h9-14,20-21,36,39H,3-8,15-19H2,1-2H3,(H,31,40)(H,32,33,34,35). The zero-order valence-electron chi connectivity index (χ0n) is 24.7. The van der Waals surface area contributed by atoms with Crippen molar-refractivity contribution in [2.75, 3.05) is 51.3 Å². The molecule has 2 fully saturated rings. The number of phenols is 1. The van der Waals surface area contributed by atoms with E-state index in [1.165, 1.54) is 49.2 Å². The molecule has 12 nitrogen and oxygen atoms in total. The summed E-state index contributed by atoms with van der Waals surface area (Å²) in [4.78, 5) is 30.5. The first-order valence-corrected chi connectivity index (χ1v) is 16.4. The number of nitrogens with zero attached hydrogens (tertiary/aromatic N) is 5. The Morgan fingerprint density at radius 3 is 1.93 bits per heavy atom. The number of carbonyl (C=O) groups excluding carboxylic acids is 1. The Bertz CT molecular complexity index is 1480. The van der Waals surface area contributed by atoms with Crippen molar-refractivity contribution >= 4 is 50.8 Å². The number of sulfonamides is 1. The molecule has 4 N–H and O–H groups in total. The molecule has 3 heterocycles. The highest BCUT2D eigenvalue weighted by Gasteiger charge is 2.21. The predicted octanol–water partition coefficient (Wildman–Crippen LogP) is 5.09. The van der Waals surface area contributed by atoms with Crippen molar-refractivity contribution in [2.45, 2.75) is 63.7 Å². The maximum absolute atomic E-state index is 13.0. The maximum Gasteiger partial charge on any atom is 0.262 e. The molecule has 0 radical (unpaired) electrons. The fourth-order valence-electron chi connectivity index (χ4n) is 5.21. The SMILES string of the molecule is CC(C)CC(=O)Nc1ccc(S(=O)(=O)Nc2ccc(Nc3nc(N4CCCCC4)nc(N4CCCCC4)n3)cc2O)cc1. The molecule has 2 saturated heterocycles. The van der Waals surface area contributed by atoms with Crippen LogP contribution in [0.3, 0.4) is 0 Å². The second kappa shape index (κ2) is 13.4. The van der Waals surface area contributed by atoms with Crippen LogP contribution < -0.4 is 25.2 Å². The lowest BCUT2D eigenvalue weighted by Crippen LogP contribution is -2.34.